The summed E-state index contributed by atoms with van der Waals surface area (Å²) in [6, 6.07) is 8.35. The molecule has 0 heterocycles. The Morgan fingerprint density at radius 1 is 1.16 bits per heavy atom. The number of halogens is 1. The van der Waals surface area contributed by atoms with E-state index in [1.807, 2.05) is 13.0 Å². The molecule has 25 heavy (non-hydrogen) atoms. The molecular weight excluding hydrogens is 323 g/mol. The van der Waals surface area contributed by atoms with Crippen molar-refractivity contribution < 1.29 is 24.4 Å². The van der Waals surface area contributed by atoms with Gasteiger partial charge in [0.1, 0.15) is 5.75 Å². The smallest absolute Gasteiger partial charge is 0.165 e. The number of benzene rings is 2. The summed E-state index contributed by atoms with van der Waals surface area (Å²) >= 11 is 0. The minimum absolute atomic E-state index is 0.0614. The first kappa shape index (κ1) is 17.7. The highest BCUT2D eigenvalue weighted by Gasteiger charge is 2.37. The molecule has 0 saturated heterocycles. The Bertz CT molecular complexity index is 775. The number of hydrogen-bond acceptors (Lipinski definition) is 4. The lowest BCUT2D eigenvalue weighted by Crippen LogP contribution is -2.35. The number of phenolic OH excluding ortho intramolecular Hbond substituents is 1. The van der Waals surface area contributed by atoms with Crippen LogP contribution in [0, 0.1) is 24.6 Å². The number of aliphatic hydroxyl groups excluding tert-OH is 2. The van der Waals surface area contributed by atoms with Crippen LogP contribution in [-0.4, -0.2) is 35.6 Å². The standard InChI is InChI=1S/C20H23FO4/c1-11-5-15-13(7-18(11)24)6-14(9-22)16(10-23)20(15)12-3-4-17(21)19(8-12)25-2/h3-5,7-8,14,16,20,22-24H,6,9-10H2,1-2H3/t14-,16-,20?/m1/s1. The third-order valence-corrected chi connectivity index (χ3v) is 5.29. The van der Waals surface area contributed by atoms with Crippen molar-refractivity contribution in [3.63, 3.8) is 0 Å². The fraction of sp³-hybridized carbons (Fsp3) is 0.400. The van der Waals surface area contributed by atoms with Crippen LogP contribution in [0.15, 0.2) is 30.3 Å². The van der Waals surface area contributed by atoms with Crippen LogP contribution in [0.3, 0.4) is 0 Å². The first-order valence-corrected chi connectivity index (χ1v) is 8.37. The Balaban J connectivity index is 2.19. The van der Waals surface area contributed by atoms with Crippen molar-refractivity contribution >= 4 is 0 Å². The summed E-state index contributed by atoms with van der Waals surface area (Å²) in [6.07, 6.45) is 0.583. The number of methoxy groups -OCH3 is 1. The predicted octanol–water partition coefficient (Wildman–Crippen LogP) is 2.75. The highest BCUT2D eigenvalue weighted by atomic mass is 19.1. The van der Waals surface area contributed by atoms with E-state index in [4.69, 9.17) is 4.74 Å². The number of hydrogen-bond donors (Lipinski definition) is 3. The molecule has 0 spiro atoms. The van der Waals surface area contributed by atoms with Gasteiger partial charge in [-0.05, 0) is 65.6 Å². The summed E-state index contributed by atoms with van der Waals surface area (Å²) in [5.41, 5.74) is 3.51. The molecule has 0 amide bonds. The van der Waals surface area contributed by atoms with E-state index in [1.165, 1.54) is 13.2 Å². The molecule has 0 radical (unpaired) electrons. The topological polar surface area (TPSA) is 69.9 Å². The van der Waals surface area contributed by atoms with Gasteiger partial charge in [0.25, 0.3) is 0 Å². The van der Waals surface area contributed by atoms with Crippen LogP contribution in [0.4, 0.5) is 4.39 Å². The average Bonchev–Trinajstić information content (AvgIpc) is 2.62. The molecule has 1 aliphatic rings. The van der Waals surface area contributed by atoms with E-state index in [9.17, 15) is 19.7 Å². The minimum Gasteiger partial charge on any atom is -0.508 e. The van der Waals surface area contributed by atoms with Gasteiger partial charge in [-0.3, -0.25) is 0 Å². The number of fused-ring (bicyclic) bond motifs is 1. The SMILES string of the molecule is COc1cc(C2c3cc(C)c(O)cc3C[C@H](CO)[C@H]2CO)ccc1F. The Morgan fingerprint density at radius 3 is 2.56 bits per heavy atom. The molecule has 5 heteroatoms. The van der Waals surface area contributed by atoms with E-state index in [1.54, 1.807) is 18.2 Å². The molecule has 2 aromatic carbocycles. The van der Waals surface area contributed by atoms with Crippen LogP contribution in [0.5, 0.6) is 11.5 Å². The Hall–Kier alpha value is -2.11. The summed E-state index contributed by atoms with van der Waals surface area (Å²) in [5, 5.41) is 29.8. The molecule has 3 N–H and O–H groups in total. The second kappa shape index (κ2) is 7.02. The molecule has 1 aliphatic carbocycles. The lowest BCUT2D eigenvalue weighted by molar-refractivity contribution is 0.101. The Labute approximate surface area is 146 Å². The van der Waals surface area contributed by atoms with Crippen molar-refractivity contribution in [3.05, 3.63) is 58.4 Å². The van der Waals surface area contributed by atoms with E-state index < -0.39 is 5.82 Å². The normalized spacial score (nSPS) is 22.5. The summed E-state index contributed by atoms with van der Waals surface area (Å²) in [5.74, 6) is -0.619. The zero-order chi connectivity index (χ0) is 18.1. The molecule has 0 bridgehead atoms. The molecular formula is C20H23FO4. The van der Waals surface area contributed by atoms with Crippen LogP contribution < -0.4 is 4.74 Å². The van der Waals surface area contributed by atoms with Gasteiger partial charge in [0.15, 0.2) is 11.6 Å². The Morgan fingerprint density at radius 2 is 1.92 bits per heavy atom. The third kappa shape index (κ3) is 3.10. The predicted molar refractivity (Wildman–Crippen MR) is 92.5 cm³/mol. The van der Waals surface area contributed by atoms with Gasteiger partial charge < -0.3 is 20.1 Å². The second-order valence-corrected chi connectivity index (χ2v) is 6.70. The maximum Gasteiger partial charge on any atom is 0.165 e. The zero-order valence-electron chi connectivity index (χ0n) is 14.4. The molecule has 3 atom stereocenters. The monoisotopic (exact) mass is 346 g/mol. The van der Waals surface area contributed by atoms with Crippen LogP contribution >= 0.6 is 0 Å². The van der Waals surface area contributed by atoms with Crippen LogP contribution in [0.1, 0.15) is 28.2 Å². The Kier molecular flexibility index (Phi) is 4.97. The van der Waals surface area contributed by atoms with Gasteiger partial charge in [-0.15, -0.1) is 0 Å². The summed E-state index contributed by atoms with van der Waals surface area (Å²) in [7, 11) is 1.42. The van der Waals surface area contributed by atoms with E-state index in [0.29, 0.717) is 6.42 Å². The molecule has 2 aromatic rings. The van der Waals surface area contributed by atoms with Gasteiger partial charge >= 0.3 is 0 Å². The van der Waals surface area contributed by atoms with Crippen LogP contribution in [0.2, 0.25) is 0 Å². The van der Waals surface area contributed by atoms with Crippen molar-refractivity contribution in [2.45, 2.75) is 19.3 Å². The number of phenols is 1. The van der Waals surface area contributed by atoms with Crippen molar-refractivity contribution in [2.75, 3.05) is 20.3 Å². The number of aryl methyl sites for hydroxylation is 1. The zero-order valence-corrected chi connectivity index (χ0v) is 14.4. The van der Waals surface area contributed by atoms with Gasteiger partial charge in [-0.25, -0.2) is 4.39 Å². The molecule has 134 valence electrons. The van der Waals surface area contributed by atoms with Gasteiger partial charge in [-0.2, -0.15) is 0 Å². The van der Waals surface area contributed by atoms with Crippen LogP contribution in [-0.2, 0) is 6.42 Å². The minimum atomic E-state index is -0.441. The fourth-order valence-electron chi connectivity index (χ4n) is 3.92. The first-order valence-electron chi connectivity index (χ1n) is 8.37. The van der Waals surface area contributed by atoms with E-state index >= 15 is 0 Å². The number of aliphatic hydroxyl groups is 2. The summed E-state index contributed by atoms with van der Waals surface area (Å²) in [4.78, 5) is 0. The average molecular weight is 346 g/mol. The maximum atomic E-state index is 13.8. The third-order valence-electron chi connectivity index (χ3n) is 5.29. The van der Waals surface area contributed by atoms with E-state index in [-0.39, 0.29) is 42.5 Å². The highest BCUT2D eigenvalue weighted by Crippen LogP contribution is 2.45. The van der Waals surface area contributed by atoms with E-state index in [0.717, 1.165) is 22.3 Å². The second-order valence-electron chi connectivity index (χ2n) is 6.70. The lowest BCUT2D eigenvalue weighted by atomic mass is 9.66. The number of ether oxygens (including phenoxy) is 1. The highest BCUT2D eigenvalue weighted by molar-refractivity contribution is 5.49. The summed E-state index contributed by atoms with van der Waals surface area (Å²) in [6.45, 7) is 1.67. The van der Waals surface area contributed by atoms with Gasteiger partial charge in [0.05, 0.1) is 7.11 Å². The molecule has 3 rings (SSSR count). The largest absolute Gasteiger partial charge is 0.508 e. The molecule has 0 aromatic heterocycles. The maximum absolute atomic E-state index is 13.8. The van der Waals surface area contributed by atoms with Gasteiger partial charge in [0.2, 0.25) is 0 Å². The van der Waals surface area contributed by atoms with Crippen molar-refractivity contribution in [1.29, 1.82) is 0 Å². The lowest BCUT2D eigenvalue weighted by Gasteiger charge is -2.39. The van der Waals surface area contributed by atoms with E-state index in [2.05, 4.69) is 0 Å². The number of rotatable bonds is 4. The molecule has 0 fully saturated rings. The van der Waals surface area contributed by atoms with Gasteiger partial charge in [0, 0.05) is 19.1 Å². The van der Waals surface area contributed by atoms with Crippen molar-refractivity contribution in [2.24, 2.45) is 11.8 Å². The molecule has 4 nitrogen and oxygen atoms in total. The molecule has 0 aliphatic heterocycles. The quantitative estimate of drug-likeness (QED) is 0.796. The van der Waals surface area contributed by atoms with Crippen molar-refractivity contribution in [1.82, 2.24) is 0 Å². The van der Waals surface area contributed by atoms with Gasteiger partial charge in [-0.1, -0.05) is 12.1 Å². The van der Waals surface area contributed by atoms with Crippen molar-refractivity contribution in [3.8, 4) is 11.5 Å². The molecule has 1 unspecified atom stereocenters. The number of aromatic hydroxyl groups is 1. The fourth-order valence-corrected chi connectivity index (χ4v) is 3.92. The first-order chi connectivity index (χ1) is 12.0. The molecule has 0 saturated carbocycles. The van der Waals surface area contributed by atoms with Crippen LogP contribution in [0.25, 0.3) is 0 Å². The summed E-state index contributed by atoms with van der Waals surface area (Å²) < 4.78 is 18.9.